The van der Waals surface area contributed by atoms with Gasteiger partial charge in [0.2, 0.25) is 5.91 Å². The highest BCUT2D eigenvalue weighted by molar-refractivity contribution is 14.0. The smallest absolute Gasteiger partial charge is 0.224 e. The van der Waals surface area contributed by atoms with Gasteiger partial charge in [-0.1, -0.05) is 0 Å². The van der Waals surface area contributed by atoms with Gasteiger partial charge >= 0.3 is 0 Å². The van der Waals surface area contributed by atoms with E-state index >= 15 is 0 Å². The molecular formula is C17H29IN4O3. The van der Waals surface area contributed by atoms with Crippen LogP contribution in [0.1, 0.15) is 25.0 Å². The van der Waals surface area contributed by atoms with E-state index in [4.69, 9.17) is 9.15 Å². The molecule has 7 nitrogen and oxygen atoms in total. The standard InChI is InChI=1S/C17H28N4O3.HI/c1-18-17(19-9-5-15-4-3-12-24-15)20-14-6-10-21(11-7-14)16(22)8-13-23-2;/h3-4,12,14H,5-11,13H2,1-2H3,(H2,18,19,20);1H. The van der Waals surface area contributed by atoms with Crippen LogP contribution in [0.4, 0.5) is 0 Å². The molecule has 0 spiro atoms. The Balaban J connectivity index is 0.00000312. The Morgan fingerprint density at radius 3 is 2.80 bits per heavy atom. The van der Waals surface area contributed by atoms with Crippen LogP contribution in [0.15, 0.2) is 27.8 Å². The Kier molecular flexibility index (Phi) is 10.6. The first-order chi connectivity index (χ1) is 11.7. The lowest BCUT2D eigenvalue weighted by atomic mass is 10.0. The summed E-state index contributed by atoms with van der Waals surface area (Å²) >= 11 is 0. The van der Waals surface area contributed by atoms with Gasteiger partial charge in [-0.05, 0) is 25.0 Å². The van der Waals surface area contributed by atoms with Gasteiger partial charge in [0.05, 0.1) is 19.3 Å². The van der Waals surface area contributed by atoms with Crippen molar-refractivity contribution in [3.05, 3.63) is 24.2 Å². The number of methoxy groups -OCH3 is 1. The highest BCUT2D eigenvalue weighted by Crippen LogP contribution is 2.11. The fraction of sp³-hybridized carbons (Fsp3) is 0.647. The molecule has 0 saturated carbocycles. The molecule has 0 aliphatic carbocycles. The number of hydrogen-bond acceptors (Lipinski definition) is 4. The van der Waals surface area contributed by atoms with Gasteiger partial charge in [0.1, 0.15) is 5.76 Å². The first-order valence-electron chi connectivity index (χ1n) is 8.49. The molecule has 1 aliphatic heterocycles. The molecule has 2 heterocycles. The molecule has 0 bridgehead atoms. The lowest BCUT2D eigenvalue weighted by molar-refractivity contribution is -0.133. The van der Waals surface area contributed by atoms with Gasteiger partial charge in [0, 0.05) is 46.3 Å². The number of hydrogen-bond donors (Lipinski definition) is 2. The second-order valence-corrected chi connectivity index (χ2v) is 5.87. The molecular weight excluding hydrogens is 435 g/mol. The fourth-order valence-electron chi connectivity index (χ4n) is 2.77. The van der Waals surface area contributed by atoms with Crippen molar-refractivity contribution in [2.75, 3.05) is 40.4 Å². The molecule has 1 aliphatic rings. The highest BCUT2D eigenvalue weighted by Gasteiger charge is 2.22. The summed E-state index contributed by atoms with van der Waals surface area (Å²) in [5.41, 5.74) is 0. The average Bonchev–Trinajstić information content (AvgIpc) is 3.12. The summed E-state index contributed by atoms with van der Waals surface area (Å²) in [6.07, 6.45) is 4.82. The normalized spacial score (nSPS) is 15.6. The van der Waals surface area contributed by atoms with Crippen LogP contribution in [-0.4, -0.2) is 63.2 Å². The number of piperidine rings is 1. The number of halogens is 1. The molecule has 8 heteroatoms. The van der Waals surface area contributed by atoms with Crippen LogP contribution < -0.4 is 10.6 Å². The molecule has 1 saturated heterocycles. The second-order valence-electron chi connectivity index (χ2n) is 5.87. The zero-order chi connectivity index (χ0) is 17.2. The minimum Gasteiger partial charge on any atom is -0.469 e. The van der Waals surface area contributed by atoms with E-state index in [1.54, 1.807) is 20.4 Å². The van der Waals surface area contributed by atoms with Gasteiger partial charge in [-0.15, -0.1) is 24.0 Å². The van der Waals surface area contributed by atoms with E-state index in [0.29, 0.717) is 19.1 Å². The average molecular weight is 464 g/mol. The van der Waals surface area contributed by atoms with Crippen LogP contribution in [0.5, 0.6) is 0 Å². The lowest BCUT2D eigenvalue weighted by Gasteiger charge is -2.33. The van der Waals surface area contributed by atoms with E-state index in [-0.39, 0.29) is 29.9 Å². The van der Waals surface area contributed by atoms with Crippen molar-refractivity contribution in [1.82, 2.24) is 15.5 Å². The number of carbonyl (C=O) groups is 1. The number of ether oxygens (including phenoxy) is 1. The summed E-state index contributed by atoms with van der Waals surface area (Å²) in [4.78, 5) is 18.2. The van der Waals surface area contributed by atoms with E-state index in [1.165, 1.54) is 0 Å². The van der Waals surface area contributed by atoms with Gasteiger partial charge in [0.25, 0.3) is 0 Å². The third-order valence-electron chi connectivity index (χ3n) is 4.18. The number of rotatable bonds is 7. The molecule has 0 unspecified atom stereocenters. The van der Waals surface area contributed by atoms with Crippen molar-refractivity contribution in [3.8, 4) is 0 Å². The van der Waals surface area contributed by atoms with Gasteiger partial charge in [0.15, 0.2) is 5.96 Å². The van der Waals surface area contributed by atoms with Crippen LogP contribution in [0.2, 0.25) is 0 Å². The SMILES string of the molecule is CN=C(NCCc1ccco1)NC1CCN(C(=O)CCOC)CC1.I. The maximum Gasteiger partial charge on any atom is 0.224 e. The molecule has 1 aromatic heterocycles. The summed E-state index contributed by atoms with van der Waals surface area (Å²) in [5, 5.41) is 6.73. The zero-order valence-corrected chi connectivity index (χ0v) is 17.3. The quantitative estimate of drug-likeness (QED) is 0.365. The van der Waals surface area contributed by atoms with Crippen LogP contribution in [0.25, 0.3) is 0 Å². The van der Waals surface area contributed by atoms with Crippen molar-refractivity contribution < 1.29 is 13.9 Å². The topological polar surface area (TPSA) is 79.1 Å². The molecule has 1 fully saturated rings. The van der Waals surface area contributed by atoms with E-state index < -0.39 is 0 Å². The van der Waals surface area contributed by atoms with Gasteiger partial charge in [-0.2, -0.15) is 0 Å². The van der Waals surface area contributed by atoms with E-state index in [1.807, 2.05) is 17.0 Å². The van der Waals surface area contributed by atoms with Crippen molar-refractivity contribution in [3.63, 3.8) is 0 Å². The molecule has 0 radical (unpaired) electrons. The van der Waals surface area contributed by atoms with Crippen molar-refractivity contribution in [1.29, 1.82) is 0 Å². The summed E-state index contributed by atoms with van der Waals surface area (Å²) in [7, 11) is 3.39. The number of nitrogens with one attached hydrogen (secondary N) is 2. The van der Waals surface area contributed by atoms with Crippen molar-refractivity contribution >= 4 is 35.8 Å². The first kappa shape index (κ1) is 21.8. The Labute approximate surface area is 166 Å². The molecule has 0 aromatic carbocycles. The molecule has 25 heavy (non-hydrogen) atoms. The number of carbonyl (C=O) groups excluding carboxylic acids is 1. The van der Waals surface area contributed by atoms with E-state index in [2.05, 4.69) is 15.6 Å². The van der Waals surface area contributed by atoms with Crippen LogP contribution in [-0.2, 0) is 16.0 Å². The number of furan rings is 1. The largest absolute Gasteiger partial charge is 0.469 e. The minimum atomic E-state index is 0. The predicted octanol–water partition coefficient (Wildman–Crippen LogP) is 1.63. The maximum atomic E-state index is 12.0. The Hall–Kier alpha value is -1.29. The van der Waals surface area contributed by atoms with Gasteiger partial charge < -0.3 is 24.7 Å². The first-order valence-corrected chi connectivity index (χ1v) is 8.49. The molecule has 0 atom stereocenters. The van der Waals surface area contributed by atoms with Crippen molar-refractivity contribution in [2.45, 2.75) is 31.7 Å². The third-order valence-corrected chi connectivity index (χ3v) is 4.18. The molecule has 2 N–H and O–H groups in total. The minimum absolute atomic E-state index is 0. The lowest BCUT2D eigenvalue weighted by Crippen LogP contribution is -2.50. The summed E-state index contributed by atoms with van der Waals surface area (Å²) in [6, 6.07) is 4.20. The molecule has 1 amide bonds. The number of guanidine groups is 1. The number of amides is 1. The third kappa shape index (κ3) is 7.64. The van der Waals surface area contributed by atoms with Crippen LogP contribution >= 0.6 is 24.0 Å². The predicted molar refractivity (Wildman–Crippen MR) is 108 cm³/mol. The van der Waals surface area contributed by atoms with Gasteiger partial charge in [-0.25, -0.2) is 0 Å². The van der Waals surface area contributed by atoms with Crippen LogP contribution in [0.3, 0.4) is 0 Å². The van der Waals surface area contributed by atoms with Gasteiger partial charge in [-0.3, -0.25) is 9.79 Å². The molecule has 2 rings (SSSR count). The Morgan fingerprint density at radius 1 is 1.44 bits per heavy atom. The summed E-state index contributed by atoms with van der Waals surface area (Å²) in [6.45, 7) is 2.82. The number of likely N-dealkylation sites (tertiary alicyclic amines) is 1. The van der Waals surface area contributed by atoms with E-state index in [0.717, 1.165) is 50.6 Å². The fourth-order valence-corrected chi connectivity index (χ4v) is 2.77. The van der Waals surface area contributed by atoms with Crippen molar-refractivity contribution in [2.24, 2.45) is 4.99 Å². The second kappa shape index (κ2) is 12.1. The number of aliphatic imine (C=N–C) groups is 1. The summed E-state index contributed by atoms with van der Waals surface area (Å²) < 4.78 is 10.3. The maximum absolute atomic E-state index is 12.0. The monoisotopic (exact) mass is 464 g/mol. The summed E-state index contributed by atoms with van der Waals surface area (Å²) in [5.74, 6) is 1.93. The Morgan fingerprint density at radius 2 is 2.20 bits per heavy atom. The van der Waals surface area contributed by atoms with Crippen LogP contribution in [0, 0.1) is 0 Å². The number of nitrogens with zero attached hydrogens (tertiary/aromatic N) is 2. The Bertz CT molecular complexity index is 514. The zero-order valence-electron chi connectivity index (χ0n) is 15.0. The molecule has 142 valence electrons. The molecule has 1 aromatic rings. The van der Waals surface area contributed by atoms with E-state index in [9.17, 15) is 4.79 Å². The highest BCUT2D eigenvalue weighted by atomic mass is 127.